The number of likely N-dealkylation sites (tertiary alicyclic amines) is 2. The fourth-order valence-corrected chi connectivity index (χ4v) is 3.00. The zero-order valence-corrected chi connectivity index (χ0v) is 11.2. The van der Waals surface area contributed by atoms with Crippen LogP contribution in [0.3, 0.4) is 0 Å². The van der Waals surface area contributed by atoms with Crippen LogP contribution in [0.5, 0.6) is 0 Å². The Balaban J connectivity index is 2.00. The average molecular weight is 254 g/mol. The molecule has 2 heterocycles. The molecule has 0 radical (unpaired) electrons. The maximum absolute atomic E-state index is 12.4. The number of carboxylic acids is 1. The molecule has 18 heavy (non-hydrogen) atoms. The summed E-state index contributed by atoms with van der Waals surface area (Å²) in [6.45, 7) is 4.58. The third kappa shape index (κ3) is 2.51. The van der Waals surface area contributed by atoms with Crippen molar-refractivity contribution in [1.29, 1.82) is 0 Å². The molecule has 1 N–H and O–H groups in total. The van der Waals surface area contributed by atoms with Gasteiger partial charge in [0.15, 0.2) is 0 Å². The number of hydrogen-bond donors (Lipinski definition) is 1. The molecular weight excluding hydrogens is 232 g/mol. The van der Waals surface area contributed by atoms with E-state index in [0.29, 0.717) is 19.5 Å². The molecule has 2 unspecified atom stereocenters. The molecular formula is C13H22N2O3. The van der Waals surface area contributed by atoms with E-state index in [0.717, 1.165) is 25.9 Å². The van der Waals surface area contributed by atoms with Crippen molar-refractivity contribution < 1.29 is 14.7 Å². The van der Waals surface area contributed by atoms with Gasteiger partial charge in [0.05, 0.1) is 11.3 Å². The second-order valence-electron chi connectivity index (χ2n) is 5.98. The summed E-state index contributed by atoms with van der Waals surface area (Å²) in [6, 6.07) is 0. The fourth-order valence-electron chi connectivity index (χ4n) is 3.00. The lowest BCUT2D eigenvalue weighted by Crippen LogP contribution is -2.50. The summed E-state index contributed by atoms with van der Waals surface area (Å²) in [5.41, 5.74) is -0.765. The smallest absolute Gasteiger partial charge is 0.311 e. The van der Waals surface area contributed by atoms with Gasteiger partial charge in [-0.25, -0.2) is 0 Å². The van der Waals surface area contributed by atoms with E-state index in [4.69, 9.17) is 0 Å². The lowest BCUT2D eigenvalue weighted by Gasteiger charge is -2.38. The number of hydrogen-bond acceptors (Lipinski definition) is 3. The minimum atomic E-state index is -0.788. The predicted octanol–water partition coefficient (Wildman–Crippen LogP) is 0.651. The lowest BCUT2D eigenvalue weighted by atomic mass is 9.81. The second kappa shape index (κ2) is 4.88. The van der Waals surface area contributed by atoms with Gasteiger partial charge in [0.2, 0.25) is 5.91 Å². The van der Waals surface area contributed by atoms with Crippen molar-refractivity contribution in [1.82, 2.24) is 9.80 Å². The van der Waals surface area contributed by atoms with Crippen molar-refractivity contribution in [3.63, 3.8) is 0 Å². The first kappa shape index (κ1) is 13.3. The molecule has 2 aliphatic rings. The van der Waals surface area contributed by atoms with E-state index >= 15 is 0 Å². The largest absolute Gasteiger partial charge is 0.481 e. The van der Waals surface area contributed by atoms with E-state index in [-0.39, 0.29) is 11.8 Å². The Morgan fingerprint density at radius 2 is 2.06 bits per heavy atom. The molecule has 0 aromatic heterocycles. The Hall–Kier alpha value is -1.10. The van der Waals surface area contributed by atoms with Crippen molar-refractivity contribution >= 4 is 11.9 Å². The SMILES string of the molecule is CN1CCC(C(=O)N2CCCC(C)(C(=O)O)C2)C1. The number of carboxylic acid groups (broad SMARTS) is 1. The summed E-state index contributed by atoms with van der Waals surface area (Å²) >= 11 is 0. The third-order valence-electron chi connectivity index (χ3n) is 4.26. The lowest BCUT2D eigenvalue weighted by molar-refractivity contribution is -0.154. The molecule has 0 aromatic rings. The average Bonchev–Trinajstić information content (AvgIpc) is 2.75. The van der Waals surface area contributed by atoms with Gasteiger partial charge in [0.1, 0.15) is 0 Å². The molecule has 0 bridgehead atoms. The van der Waals surface area contributed by atoms with Crippen molar-refractivity contribution in [2.24, 2.45) is 11.3 Å². The Morgan fingerprint density at radius 1 is 1.33 bits per heavy atom. The van der Waals surface area contributed by atoms with Gasteiger partial charge in [-0.05, 0) is 39.8 Å². The molecule has 2 atom stereocenters. The zero-order chi connectivity index (χ0) is 13.3. The van der Waals surface area contributed by atoms with Crippen LogP contribution >= 0.6 is 0 Å². The number of carbonyl (C=O) groups excluding carboxylic acids is 1. The van der Waals surface area contributed by atoms with Gasteiger partial charge >= 0.3 is 5.97 Å². The van der Waals surface area contributed by atoms with Crippen molar-refractivity contribution in [3.8, 4) is 0 Å². The molecule has 0 aromatic carbocycles. The maximum atomic E-state index is 12.4. The monoisotopic (exact) mass is 254 g/mol. The first-order valence-electron chi connectivity index (χ1n) is 6.63. The summed E-state index contributed by atoms with van der Waals surface area (Å²) in [5.74, 6) is -0.582. The third-order valence-corrected chi connectivity index (χ3v) is 4.26. The van der Waals surface area contributed by atoms with Crippen LogP contribution < -0.4 is 0 Å². The van der Waals surface area contributed by atoms with E-state index in [9.17, 15) is 14.7 Å². The topological polar surface area (TPSA) is 60.9 Å². The Bertz CT molecular complexity index is 358. The van der Waals surface area contributed by atoms with Gasteiger partial charge in [0.25, 0.3) is 0 Å². The summed E-state index contributed by atoms with van der Waals surface area (Å²) in [6.07, 6.45) is 2.35. The van der Waals surface area contributed by atoms with Gasteiger partial charge < -0.3 is 14.9 Å². The Morgan fingerprint density at radius 3 is 2.61 bits per heavy atom. The summed E-state index contributed by atoms with van der Waals surface area (Å²) in [5, 5.41) is 9.26. The van der Waals surface area contributed by atoms with Crippen LogP contribution in [0.1, 0.15) is 26.2 Å². The minimum Gasteiger partial charge on any atom is -0.481 e. The van der Waals surface area contributed by atoms with E-state index < -0.39 is 11.4 Å². The Kier molecular flexibility index (Phi) is 3.61. The summed E-state index contributed by atoms with van der Waals surface area (Å²) in [4.78, 5) is 27.6. The second-order valence-corrected chi connectivity index (χ2v) is 5.98. The van der Waals surface area contributed by atoms with Crippen LogP contribution in [0.25, 0.3) is 0 Å². The number of rotatable bonds is 2. The Labute approximate surface area is 108 Å². The number of amides is 1. The first-order chi connectivity index (χ1) is 8.42. The molecule has 0 saturated carbocycles. The van der Waals surface area contributed by atoms with Crippen LogP contribution in [-0.4, -0.2) is 60.0 Å². The van der Waals surface area contributed by atoms with Gasteiger partial charge in [-0.1, -0.05) is 0 Å². The van der Waals surface area contributed by atoms with E-state index in [1.807, 2.05) is 7.05 Å². The van der Waals surface area contributed by atoms with Gasteiger partial charge in [0, 0.05) is 19.6 Å². The molecule has 5 heteroatoms. The maximum Gasteiger partial charge on any atom is 0.311 e. The van der Waals surface area contributed by atoms with Crippen molar-refractivity contribution in [2.75, 3.05) is 33.2 Å². The highest BCUT2D eigenvalue weighted by Gasteiger charge is 2.41. The number of nitrogens with zero attached hydrogens (tertiary/aromatic N) is 2. The van der Waals surface area contributed by atoms with Crippen LogP contribution in [0.4, 0.5) is 0 Å². The highest BCUT2D eigenvalue weighted by molar-refractivity contribution is 5.81. The first-order valence-corrected chi connectivity index (χ1v) is 6.63. The molecule has 0 spiro atoms. The van der Waals surface area contributed by atoms with E-state index in [2.05, 4.69) is 4.90 Å². The highest BCUT2D eigenvalue weighted by Crippen LogP contribution is 2.31. The fraction of sp³-hybridized carbons (Fsp3) is 0.846. The quantitative estimate of drug-likeness (QED) is 0.786. The summed E-state index contributed by atoms with van der Waals surface area (Å²) in [7, 11) is 2.02. The minimum absolute atomic E-state index is 0.0612. The molecule has 2 aliphatic heterocycles. The van der Waals surface area contributed by atoms with E-state index in [1.165, 1.54) is 0 Å². The summed E-state index contributed by atoms with van der Waals surface area (Å²) < 4.78 is 0. The number of piperidine rings is 1. The van der Waals surface area contributed by atoms with Crippen molar-refractivity contribution in [3.05, 3.63) is 0 Å². The van der Waals surface area contributed by atoms with Gasteiger partial charge in [-0.3, -0.25) is 9.59 Å². The molecule has 5 nitrogen and oxygen atoms in total. The van der Waals surface area contributed by atoms with Crippen LogP contribution in [0.15, 0.2) is 0 Å². The molecule has 102 valence electrons. The molecule has 1 amide bonds. The predicted molar refractivity (Wildman–Crippen MR) is 67.2 cm³/mol. The normalized spacial score (nSPS) is 33.7. The van der Waals surface area contributed by atoms with Crippen LogP contribution in [0, 0.1) is 11.3 Å². The standard InChI is InChI=1S/C13H22N2O3/c1-13(12(17)18)5-3-6-15(9-13)11(16)10-4-7-14(2)8-10/h10H,3-9H2,1-2H3,(H,17,18). The van der Waals surface area contributed by atoms with Crippen molar-refractivity contribution in [2.45, 2.75) is 26.2 Å². The van der Waals surface area contributed by atoms with E-state index in [1.54, 1.807) is 11.8 Å². The molecule has 2 saturated heterocycles. The number of carbonyl (C=O) groups is 2. The van der Waals surface area contributed by atoms with Gasteiger partial charge in [-0.15, -0.1) is 0 Å². The number of aliphatic carboxylic acids is 1. The molecule has 0 aliphatic carbocycles. The van der Waals surface area contributed by atoms with Crippen LogP contribution in [0.2, 0.25) is 0 Å². The molecule has 2 rings (SSSR count). The zero-order valence-electron chi connectivity index (χ0n) is 11.2. The van der Waals surface area contributed by atoms with Crippen LogP contribution in [-0.2, 0) is 9.59 Å². The highest BCUT2D eigenvalue weighted by atomic mass is 16.4. The molecule has 2 fully saturated rings. The van der Waals surface area contributed by atoms with Gasteiger partial charge in [-0.2, -0.15) is 0 Å².